The van der Waals surface area contributed by atoms with Crippen LogP contribution in [0.3, 0.4) is 0 Å². The fraction of sp³-hybridized carbons (Fsp3) is 0.133. The van der Waals surface area contributed by atoms with Gasteiger partial charge in [0.25, 0.3) is 0 Å². The lowest BCUT2D eigenvalue weighted by Crippen LogP contribution is -2.11. The largest absolute Gasteiger partial charge is 0.416 e. The van der Waals surface area contributed by atoms with E-state index in [1.807, 2.05) is 0 Å². The van der Waals surface area contributed by atoms with E-state index in [0.29, 0.717) is 24.3 Å². The van der Waals surface area contributed by atoms with Crippen LogP contribution in [-0.4, -0.2) is 0 Å². The van der Waals surface area contributed by atoms with Gasteiger partial charge in [-0.05, 0) is 92.3 Å². The average Bonchev–Trinajstić information content (AvgIpc) is 2.89. The van der Waals surface area contributed by atoms with E-state index in [-0.39, 0.29) is 50.5 Å². The minimum Gasteiger partial charge on any atom is -0.399 e. The van der Waals surface area contributed by atoms with E-state index in [4.69, 9.17) is 5.73 Å². The smallest absolute Gasteiger partial charge is 0.399 e. The van der Waals surface area contributed by atoms with E-state index in [1.54, 1.807) is 0 Å². The lowest BCUT2D eigenvalue weighted by atomic mass is 9.84. The lowest BCUT2D eigenvalue weighted by molar-refractivity contribution is -0.144. The molecule has 0 saturated carbocycles. The maximum atomic E-state index is 13.7. The first kappa shape index (κ1) is 30.1. The van der Waals surface area contributed by atoms with Gasteiger partial charge in [-0.3, -0.25) is 0 Å². The molecule has 5 aromatic carbocycles. The Balaban J connectivity index is 1.98. The number of rotatable bonds is 2. The summed E-state index contributed by atoms with van der Waals surface area (Å²) in [6.45, 7) is 0. The molecule has 0 aliphatic rings. The Labute approximate surface area is 234 Å². The number of fused-ring (bicyclic) bond motifs is 2. The molecule has 43 heavy (non-hydrogen) atoms. The number of alkyl halides is 12. The third-order valence-corrected chi connectivity index (χ3v) is 6.80. The molecule has 0 atom stereocenters. The third kappa shape index (κ3) is 5.67. The van der Waals surface area contributed by atoms with Crippen molar-refractivity contribution in [2.45, 2.75) is 24.7 Å². The van der Waals surface area contributed by atoms with Crippen LogP contribution >= 0.6 is 0 Å². The number of benzene rings is 5. The zero-order chi connectivity index (χ0) is 31.7. The number of nitrogen functional groups attached to an aromatic ring is 1. The van der Waals surface area contributed by atoms with Crippen LogP contribution in [0.15, 0.2) is 78.9 Å². The van der Waals surface area contributed by atoms with Crippen molar-refractivity contribution in [1.82, 2.24) is 0 Å². The van der Waals surface area contributed by atoms with Crippen LogP contribution in [0.2, 0.25) is 0 Å². The minimum atomic E-state index is -5.19. The number of halogens is 12. The van der Waals surface area contributed by atoms with Crippen molar-refractivity contribution < 1.29 is 52.7 Å². The Hall–Kier alpha value is -4.42. The fourth-order valence-electron chi connectivity index (χ4n) is 5.02. The Morgan fingerprint density at radius 1 is 0.372 bits per heavy atom. The summed E-state index contributed by atoms with van der Waals surface area (Å²) in [7, 11) is 0. The second-order valence-electron chi connectivity index (χ2n) is 9.69. The van der Waals surface area contributed by atoms with Crippen LogP contribution in [-0.2, 0) is 24.7 Å². The highest BCUT2D eigenvalue weighted by atomic mass is 19.4. The van der Waals surface area contributed by atoms with E-state index in [1.165, 1.54) is 42.5 Å². The predicted octanol–water partition coefficient (Wildman–Crippen LogP) is 11.0. The molecule has 224 valence electrons. The van der Waals surface area contributed by atoms with Crippen LogP contribution in [0.1, 0.15) is 22.3 Å². The van der Waals surface area contributed by atoms with E-state index in [2.05, 4.69) is 0 Å². The van der Waals surface area contributed by atoms with Gasteiger partial charge in [-0.2, -0.15) is 52.7 Å². The molecule has 0 amide bonds. The Morgan fingerprint density at radius 2 is 0.698 bits per heavy atom. The molecule has 0 aromatic heterocycles. The minimum absolute atomic E-state index is 0.0157. The van der Waals surface area contributed by atoms with Crippen LogP contribution < -0.4 is 5.73 Å². The van der Waals surface area contributed by atoms with Crippen LogP contribution in [0, 0.1) is 0 Å². The molecule has 0 spiro atoms. The molecule has 0 heterocycles. The van der Waals surface area contributed by atoms with Gasteiger partial charge in [-0.1, -0.05) is 30.3 Å². The van der Waals surface area contributed by atoms with Gasteiger partial charge < -0.3 is 5.73 Å². The third-order valence-electron chi connectivity index (χ3n) is 6.80. The highest BCUT2D eigenvalue weighted by Crippen LogP contribution is 2.48. The summed E-state index contributed by atoms with van der Waals surface area (Å²) in [5.74, 6) is 0. The van der Waals surface area contributed by atoms with Crippen molar-refractivity contribution in [3.63, 3.8) is 0 Å². The normalized spacial score (nSPS) is 13.2. The van der Waals surface area contributed by atoms with Crippen LogP contribution in [0.5, 0.6) is 0 Å². The first-order valence-corrected chi connectivity index (χ1v) is 12.1. The van der Waals surface area contributed by atoms with Crippen molar-refractivity contribution >= 4 is 27.2 Å². The maximum Gasteiger partial charge on any atom is 0.416 e. The molecule has 0 saturated heterocycles. The van der Waals surface area contributed by atoms with Gasteiger partial charge in [-0.25, -0.2) is 0 Å². The van der Waals surface area contributed by atoms with Gasteiger partial charge in [0, 0.05) is 5.69 Å². The molecule has 0 unspecified atom stereocenters. The molecule has 0 fully saturated rings. The summed E-state index contributed by atoms with van der Waals surface area (Å²) in [4.78, 5) is 0. The monoisotopic (exact) mass is 617 g/mol. The summed E-state index contributed by atoms with van der Waals surface area (Å²) < 4.78 is 165. The van der Waals surface area contributed by atoms with Crippen molar-refractivity contribution in [3.05, 3.63) is 101 Å². The lowest BCUT2D eigenvalue weighted by Gasteiger charge is -2.21. The molecule has 5 rings (SSSR count). The summed E-state index contributed by atoms with van der Waals surface area (Å²) in [6.07, 6.45) is -20.7. The van der Waals surface area contributed by atoms with E-state index >= 15 is 0 Å². The zero-order valence-electron chi connectivity index (χ0n) is 21.1. The zero-order valence-corrected chi connectivity index (χ0v) is 21.1. The summed E-state index contributed by atoms with van der Waals surface area (Å²) >= 11 is 0. The first-order valence-electron chi connectivity index (χ1n) is 12.1. The molecule has 0 aliphatic heterocycles. The molecule has 0 bridgehead atoms. The van der Waals surface area contributed by atoms with E-state index < -0.39 is 58.1 Å². The van der Waals surface area contributed by atoms with Crippen molar-refractivity contribution in [3.8, 4) is 22.3 Å². The predicted molar refractivity (Wildman–Crippen MR) is 137 cm³/mol. The number of nitrogens with two attached hydrogens (primary N) is 1. The number of hydrogen-bond acceptors (Lipinski definition) is 1. The molecular weight excluding hydrogens is 602 g/mol. The topological polar surface area (TPSA) is 26.0 Å². The highest BCUT2D eigenvalue weighted by Gasteiger charge is 2.39. The SMILES string of the molecule is Nc1ccc2c(-c3cc(C(F)(F)F)cc(C(F)(F)F)c3)c3ccccc3c(-c3cc(C(F)(F)F)cc(C(F)(F)F)c3)c2c1. The Kier molecular flexibility index (Phi) is 6.86. The molecule has 2 N–H and O–H groups in total. The quantitative estimate of drug-likeness (QED) is 0.119. The van der Waals surface area contributed by atoms with Gasteiger partial charge >= 0.3 is 24.7 Å². The van der Waals surface area contributed by atoms with E-state index in [9.17, 15) is 52.7 Å². The first-order chi connectivity index (χ1) is 19.7. The standard InChI is InChI=1S/C30H15F12N/c31-27(32,33)16-7-14(8-17(11-16)28(34,35)36)25-21-3-1-2-4-22(21)26(24-13-20(43)5-6-23(24)25)15-9-18(29(37,38)39)12-19(10-15)30(40,41)42/h1-13H,43H2. The van der Waals surface area contributed by atoms with Crippen molar-refractivity contribution in [1.29, 1.82) is 0 Å². The Bertz CT molecular complexity index is 1810. The van der Waals surface area contributed by atoms with Crippen LogP contribution in [0.4, 0.5) is 58.4 Å². The molecule has 5 aromatic rings. The molecule has 0 radical (unpaired) electrons. The van der Waals surface area contributed by atoms with Gasteiger partial charge in [-0.15, -0.1) is 0 Å². The molecule has 1 nitrogen and oxygen atoms in total. The summed E-state index contributed by atoms with van der Waals surface area (Å²) in [6, 6.07) is 10.9. The number of anilines is 1. The second kappa shape index (κ2) is 9.81. The van der Waals surface area contributed by atoms with E-state index in [0.717, 1.165) is 0 Å². The second-order valence-corrected chi connectivity index (χ2v) is 9.69. The van der Waals surface area contributed by atoms with Gasteiger partial charge in [0.1, 0.15) is 0 Å². The molecule has 0 aliphatic carbocycles. The van der Waals surface area contributed by atoms with Crippen molar-refractivity contribution in [2.24, 2.45) is 0 Å². The molecule has 13 heteroatoms. The van der Waals surface area contributed by atoms with Gasteiger partial charge in [0.2, 0.25) is 0 Å². The summed E-state index contributed by atoms with van der Waals surface area (Å²) in [5, 5.41) is -0.198. The maximum absolute atomic E-state index is 13.7. The average molecular weight is 617 g/mol. The Morgan fingerprint density at radius 3 is 1.05 bits per heavy atom. The highest BCUT2D eigenvalue weighted by molar-refractivity contribution is 6.21. The van der Waals surface area contributed by atoms with Crippen molar-refractivity contribution in [2.75, 3.05) is 5.73 Å². The fourth-order valence-corrected chi connectivity index (χ4v) is 5.02. The number of hydrogen-bond donors (Lipinski definition) is 1. The molecular formula is C30H15F12N. The van der Waals surface area contributed by atoms with Gasteiger partial charge in [0.05, 0.1) is 22.3 Å². The van der Waals surface area contributed by atoms with Gasteiger partial charge in [0.15, 0.2) is 0 Å². The summed E-state index contributed by atoms with van der Waals surface area (Å²) in [5.41, 5.74) is -1.97. The van der Waals surface area contributed by atoms with Crippen LogP contribution in [0.25, 0.3) is 43.8 Å².